The maximum absolute atomic E-state index is 10.9. The summed E-state index contributed by atoms with van der Waals surface area (Å²) in [5, 5.41) is 8.94. The molecule has 2 heterocycles. The number of carbonyl (C=O) groups is 1. The molecule has 1 aliphatic rings. The summed E-state index contributed by atoms with van der Waals surface area (Å²) in [5.41, 5.74) is 0. The van der Waals surface area contributed by atoms with E-state index in [1.165, 1.54) is 0 Å². The van der Waals surface area contributed by atoms with E-state index in [1.54, 1.807) is 12.4 Å². The van der Waals surface area contributed by atoms with Gasteiger partial charge in [-0.3, -0.25) is 9.78 Å². The highest BCUT2D eigenvalue weighted by Gasteiger charge is 2.26. The van der Waals surface area contributed by atoms with Crippen LogP contribution in [0.5, 0.6) is 5.88 Å². The second-order valence-corrected chi connectivity index (χ2v) is 5.57. The lowest BCUT2D eigenvalue weighted by Gasteiger charge is -2.36. The highest BCUT2D eigenvalue weighted by atomic mass is 16.5. The van der Waals surface area contributed by atoms with E-state index in [-0.39, 0.29) is 12.3 Å². The molecule has 0 bridgehead atoms. The number of hydrogen-bond acceptors (Lipinski definition) is 5. The maximum atomic E-state index is 10.9. The summed E-state index contributed by atoms with van der Waals surface area (Å²) in [7, 11) is 0. The van der Waals surface area contributed by atoms with Crippen molar-refractivity contribution < 1.29 is 14.6 Å². The molecule has 1 fully saturated rings. The van der Waals surface area contributed by atoms with E-state index in [2.05, 4.69) is 14.9 Å². The predicted octanol–water partition coefficient (Wildman–Crippen LogP) is 2.20. The van der Waals surface area contributed by atoms with Crippen molar-refractivity contribution in [3.63, 3.8) is 0 Å². The smallest absolute Gasteiger partial charge is 0.303 e. The fourth-order valence-electron chi connectivity index (χ4n) is 2.83. The van der Waals surface area contributed by atoms with Crippen LogP contribution in [-0.4, -0.2) is 40.7 Å². The minimum absolute atomic E-state index is 0.174. The summed E-state index contributed by atoms with van der Waals surface area (Å²) in [5.74, 6) is 1.18. The van der Waals surface area contributed by atoms with Crippen molar-refractivity contribution in [3.05, 3.63) is 12.4 Å². The average Bonchev–Trinajstić information content (AvgIpc) is 2.47. The summed E-state index contributed by atoms with van der Waals surface area (Å²) in [6, 6.07) is 0. The fraction of sp³-hybridized carbons (Fsp3) is 0.667. The first kappa shape index (κ1) is 15.5. The van der Waals surface area contributed by atoms with E-state index < -0.39 is 5.97 Å². The first-order chi connectivity index (χ1) is 10.1. The van der Waals surface area contributed by atoms with Crippen molar-refractivity contribution in [3.8, 4) is 5.88 Å². The van der Waals surface area contributed by atoms with Crippen LogP contribution in [0.25, 0.3) is 0 Å². The highest BCUT2D eigenvalue weighted by Crippen LogP contribution is 2.28. The molecule has 2 unspecified atom stereocenters. The second-order valence-electron chi connectivity index (χ2n) is 5.57. The van der Waals surface area contributed by atoms with Crippen LogP contribution >= 0.6 is 0 Å². The monoisotopic (exact) mass is 293 g/mol. The summed E-state index contributed by atoms with van der Waals surface area (Å²) in [4.78, 5) is 21.7. The van der Waals surface area contributed by atoms with Gasteiger partial charge in [-0.1, -0.05) is 6.92 Å². The number of rotatable bonds is 6. The number of hydrogen-bond donors (Lipinski definition) is 1. The zero-order valence-corrected chi connectivity index (χ0v) is 12.7. The Bertz CT molecular complexity index is 481. The van der Waals surface area contributed by atoms with Crippen molar-refractivity contribution in [2.45, 2.75) is 33.1 Å². The van der Waals surface area contributed by atoms with E-state index in [0.29, 0.717) is 18.4 Å². The largest absolute Gasteiger partial charge is 0.481 e. The van der Waals surface area contributed by atoms with Gasteiger partial charge in [0.25, 0.3) is 0 Å². The van der Waals surface area contributed by atoms with Crippen LogP contribution in [0.3, 0.4) is 0 Å². The minimum atomic E-state index is -0.724. The number of piperidine rings is 1. The topological polar surface area (TPSA) is 75.5 Å². The Morgan fingerprint density at radius 3 is 3.10 bits per heavy atom. The van der Waals surface area contributed by atoms with Crippen LogP contribution in [-0.2, 0) is 4.79 Å². The number of ether oxygens (including phenoxy) is 1. The molecule has 6 heteroatoms. The van der Waals surface area contributed by atoms with Gasteiger partial charge in [-0.25, -0.2) is 0 Å². The molecule has 2 atom stereocenters. The summed E-state index contributed by atoms with van der Waals surface area (Å²) in [6.45, 7) is 6.26. The second kappa shape index (κ2) is 7.24. The molecule has 1 N–H and O–H groups in total. The van der Waals surface area contributed by atoms with Crippen molar-refractivity contribution in [1.82, 2.24) is 9.97 Å². The minimum Gasteiger partial charge on any atom is -0.481 e. The molecule has 0 spiro atoms. The molecule has 2 rings (SSSR count). The molecule has 1 aromatic rings. The molecule has 1 aromatic heterocycles. The van der Waals surface area contributed by atoms with Crippen molar-refractivity contribution in [2.75, 3.05) is 24.6 Å². The van der Waals surface area contributed by atoms with Gasteiger partial charge in [-0.15, -0.1) is 0 Å². The Balaban J connectivity index is 2.03. The van der Waals surface area contributed by atoms with E-state index in [4.69, 9.17) is 9.84 Å². The van der Waals surface area contributed by atoms with Gasteiger partial charge in [-0.2, -0.15) is 4.98 Å². The molecule has 0 radical (unpaired) electrons. The van der Waals surface area contributed by atoms with Gasteiger partial charge in [0.2, 0.25) is 5.88 Å². The van der Waals surface area contributed by atoms with Gasteiger partial charge in [0.05, 0.1) is 19.0 Å². The normalized spacial score (nSPS) is 20.1. The molecule has 21 heavy (non-hydrogen) atoms. The first-order valence-electron chi connectivity index (χ1n) is 7.51. The van der Waals surface area contributed by atoms with Gasteiger partial charge in [0, 0.05) is 19.5 Å². The Morgan fingerprint density at radius 1 is 1.57 bits per heavy atom. The summed E-state index contributed by atoms with van der Waals surface area (Å²) >= 11 is 0. The SMILES string of the molecule is CCOc1cncc(N2CCCC(C(C)CC(=O)O)C2)n1. The van der Waals surface area contributed by atoms with Gasteiger partial charge < -0.3 is 14.7 Å². The molecular weight excluding hydrogens is 270 g/mol. The van der Waals surface area contributed by atoms with Crippen molar-refractivity contribution in [1.29, 1.82) is 0 Å². The predicted molar refractivity (Wildman–Crippen MR) is 79.6 cm³/mol. The van der Waals surface area contributed by atoms with Crippen LogP contribution in [0.2, 0.25) is 0 Å². The lowest BCUT2D eigenvalue weighted by molar-refractivity contribution is -0.138. The van der Waals surface area contributed by atoms with Gasteiger partial charge >= 0.3 is 5.97 Å². The summed E-state index contributed by atoms with van der Waals surface area (Å²) in [6.07, 6.45) is 5.70. The van der Waals surface area contributed by atoms with Gasteiger partial charge in [-0.05, 0) is 31.6 Å². The molecule has 1 aliphatic heterocycles. The zero-order valence-electron chi connectivity index (χ0n) is 12.7. The number of carboxylic acids is 1. The van der Waals surface area contributed by atoms with E-state index in [0.717, 1.165) is 31.7 Å². The molecule has 0 aromatic carbocycles. The number of aromatic nitrogens is 2. The van der Waals surface area contributed by atoms with Crippen LogP contribution in [0.15, 0.2) is 12.4 Å². The molecule has 6 nitrogen and oxygen atoms in total. The summed E-state index contributed by atoms with van der Waals surface area (Å²) < 4.78 is 5.39. The third-order valence-corrected chi connectivity index (χ3v) is 3.98. The number of nitrogens with zero attached hydrogens (tertiary/aromatic N) is 3. The fourth-order valence-corrected chi connectivity index (χ4v) is 2.83. The lowest BCUT2D eigenvalue weighted by Crippen LogP contribution is -2.38. The van der Waals surface area contributed by atoms with Gasteiger partial charge in [0.15, 0.2) is 5.82 Å². The van der Waals surface area contributed by atoms with Crippen LogP contribution in [0.1, 0.15) is 33.1 Å². The highest BCUT2D eigenvalue weighted by molar-refractivity contribution is 5.67. The van der Waals surface area contributed by atoms with Crippen molar-refractivity contribution >= 4 is 11.8 Å². The van der Waals surface area contributed by atoms with Gasteiger partial charge in [0.1, 0.15) is 0 Å². The Kier molecular flexibility index (Phi) is 5.36. The number of anilines is 1. The van der Waals surface area contributed by atoms with Crippen LogP contribution < -0.4 is 9.64 Å². The number of carboxylic acid groups (broad SMARTS) is 1. The number of aliphatic carboxylic acids is 1. The Hall–Kier alpha value is -1.85. The Morgan fingerprint density at radius 2 is 2.38 bits per heavy atom. The molecular formula is C15H23N3O3. The standard InChI is InChI=1S/C15H23N3O3/c1-3-21-14-9-16-8-13(17-14)18-6-4-5-12(10-18)11(2)7-15(19)20/h8-9,11-12H,3-7,10H2,1-2H3,(H,19,20). The molecule has 0 amide bonds. The quantitative estimate of drug-likeness (QED) is 0.866. The third kappa shape index (κ3) is 4.31. The average molecular weight is 293 g/mol. The zero-order chi connectivity index (χ0) is 15.2. The van der Waals surface area contributed by atoms with Crippen molar-refractivity contribution in [2.24, 2.45) is 11.8 Å². The van der Waals surface area contributed by atoms with E-state index in [9.17, 15) is 4.79 Å². The van der Waals surface area contributed by atoms with Crippen LogP contribution in [0.4, 0.5) is 5.82 Å². The maximum Gasteiger partial charge on any atom is 0.303 e. The Labute approximate surface area is 125 Å². The third-order valence-electron chi connectivity index (χ3n) is 3.98. The molecule has 116 valence electrons. The molecule has 0 saturated carbocycles. The molecule has 1 saturated heterocycles. The molecule has 0 aliphatic carbocycles. The van der Waals surface area contributed by atoms with E-state index >= 15 is 0 Å². The van der Waals surface area contributed by atoms with E-state index in [1.807, 2.05) is 13.8 Å². The first-order valence-corrected chi connectivity index (χ1v) is 7.51. The lowest BCUT2D eigenvalue weighted by atomic mass is 9.85. The van der Waals surface area contributed by atoms with Crippen LogP contribution in [0, 0.1) is 11.8 Å².